The maximum Gasteiger partial charge on any atom is 0.123 e. The quantitative estimate of drug-likeness (QED) is 0.808. The lowest BCUT2D eigenvalue weighted by Gasteiger charge is -2.11. The number of fused-ring (bicyclic) bond motifs is 1. The van der Waals surface area contributed by atoms with Gasteiger partial charge in [0, 0.05) is 38.4 Å². The molecule has 1 aromatic heterocycles. The van der Waals surface area contributed by atoms with Gasteiger partial charge in [0.15, 0.2) is 0 Å². The van der Waals surface area contributed by atoms with Crippen molar-refractivity contribution in [2.24, 2.45) is 0 Å². The lowest BCUT2D eigenvalue weighted by atomic mass is 10.1. The van der Waals surface area contributed by atoms with Crippen LogP contribution >= 0.6 is 0 Å². The molecule has 1 aliphatic rings. The van der Waals surface area contributed by atoms with Crippen LogP contribution in [-0.2, 0) is 13.0 Å². The number of para-hydroxylation sites is 1. The van der Waals surface area contributed by atoms with Crippen molar-refractivity contribution < 1.29 is 4.74 Å². The molecule has 0 spiro atoms. The van der Waals surface area contributed by atoms with Gasteiger partial charge in [-0.05, 0) is 11.6 Å². The normalized spacial score (nSPS) is 17.4. The monoisotopic (exact) mass is 243 g/mol. The molecule has 2 aromatic rings. The van der Waals surface area contributed by atoms with Gasteiger partial charge in [0.1, 0.15) is 11.9 Å². The maximum absolute atomic E-state index is 5.86. The Bertz CT molecular complexity index is 471. The summed E-state index contributed by atoms with van der Waals surface area (Å²) in [5.41, 5.74) is 1.32. The highest BCUT2D eigenvalue weighted by Crippen LogP contribution is 2.27. The Morgan fingerprint density at radius 2 is 2.33 bits per heavy atom. The molecule has 1 aliphatic heterocycles. The van der Waals surface area contributed by atoms with E-state index in [1.807, 2.05) is 24.7 Å². The Morgan fingerprint density at radius 3 is 3.17 bits per heavy atom. The van der Waals surface area contributed by atoms with E-state index in [9.17, 15) is 0 Å². The highest BCUT2D eigenvalue weighted by molar-refractivity contribution is 5.37. The molecule has 1 unspecified atom stereocenters. The maximum atomic E-state index is 5.86. The van der Waals surface area contributed by atoms with Crippen LogP contribution in [0.1, 0.15) is 5.56 Å². The molecule has 1 aromatic carbocycles. The van der Waals surface area contributed by atoms with Crippen LogP contribution in [0.3, 0.4) is 0 Å². The highest BCUT2D eigenvalue weighted by Gasteiger charge is 2.21. The van der Waals surface area contributed by atoms with Crippen LogP contribution in [0.4, 0.5) is 0 Å². The molecule has 0 amide bonds. The number of hydrogen-bond acceptors (Lipinski definition) is 3. The van der Waals surface area contributed by atoms with Gasteiger partial charge in [-0.15, -0.1) is 0 Å². The Kier molecular flexibility index (Phi) is 3.28. The Morgan fingerprint density at radius 1 is 1.39 bits per heavy atom. The number of benzene rings is 1. The molecule has 4 heteroatoms. The highest BCUT2D eigenvalue weighted by atomic mass is 16.5. The average molecular weight is 243 g/mol. The predicted octanol–water partition coefficient (Wildman–Crippen LogP) is 1.48. The summed E-state index contributed by atoms with van der Waals surface area (Å²) in [7, 11) is 0. The zero-order chi connectivity index (χ0) is 12.2. The first-order valence-corrected chi connectivity index (χ1v) is 6.33. The van der Waals surface area contributed by atoms with Crippen molar-refractivity contribution in [1.29, 1.82) is 0 Å². The van der Waals surface area contributed by atoms with Crippen LogP contribution in [-0.4, -0.2) is 28.7 Å². The van der Waals surface area contributed by atoms with Crippen molar-refractivity contribution in [2.45, 2.75) is 19.1 Å². The lowest BCUT2D eigenvalue weighted by Crippen LogP contribution is -2.32. The topological polar surface area (TPSA) is 39.1 Å². The van der Waals surface area contributed by atoms with E-state index in [-0.39, 0.29) is 6.10 Å². The molecular weight excluding hydrogens is 226 g/mol. The fourth-order valence-electron chi connectivity index (χ4n) is 2.26. The molecule has 18 heavy (non-hydrogen) atoms. The number of nitrogens with one attached hydrogen (secondary N) is 1. The molecule has 0 fully saturated rings. The average Bonchev–Trinajstić information content (AvgIpc) is 3.03. The van der Waals surface area contributed by atoms with Gasteiger partial charge in [-0.3, -0.25) is 0 Å². The van der Waals surface area contributed by atoms with Gasteiger partial charge in [-0.2, -0.15) is 0 Å². The number of nitrogens with zero attached hydrogens (tertiary/aromatic N) is 2. The minimum absolute atomic E-state index is 0.269. The smallest absolute Gasteiger partial charge is 0.123 e. The summed E-state index contributed by atoms with van der Waals surface area (Å²) in [5, 5.41) is 3.43. The summed E-state index contributed by atoms with van der Waals surface area (Å²) in [6.45, 7) is 2.77. The fourth-order valence-corrected chi connectivity index (χ4v) is 2.26. The summed E-state index contributed by atoms with van der Waals surface area (Å²) in [6.07, 6.45) is 6.89. The van der Waals surface area contributed by atoms with Crippen molar-refractivity contribution in [3.8, 4) is 5.75 Å². The first kappa shape index (κ1) is 11.3. The molecule has 1 N–H and O–H groups in total. The van der Waals surface area contributed by atoms with Crippen LogP contribution in [0.5, 0.6) is 5.75 Å². The van der Waals surface area contributed by atoms with Crippen LogP contribution in [0.2, 0.25) is 0 Å². The Labute approximate surface area is 107 Å². The first-order chi connectivity index (χ1) is 8.92. The summed E-state index contributed by atoms with van der Waals surface area (Å²) in [4.78, 5) is 4.02. The van der Waals surface area contributed by atoms with Gasteiger partial charge < -0.3 is 14.6 Å². The fraction of sp³-hybridized carbons (Fsp3) is 0.357. The number of imidazole rings is 1. The van der Waals surface area contributed by atoms with E-state index >= 15 is 0 Å². The van der Waals surface area contributed by atoms with Crippen LogP contribution in [0, 0.1) is 0 Å². The zero-order valence-corrected chi connectivity index (χ0v) is 10.2. The molecule has 3 rings (SSSR count). The molecule has 0 bridgehead atoms. The molecule has 0 saturated carbocycles. The van der Waals surface area contributed by atoms with E-state index < -0.39 is 0 Å². The SMILES string of the molecule is c1ccc2c(c1)CC(CNCCn1ccnc1)O2. The van der Waals surface area contributed by atoms with E-state index in [1.165, 1.54) is 5.56 Å². The third-order valence-electron chi connectivity index (χ3n) is 3.19. The van der Waals surface area contributed by atoms with Crippen LogP contribution in [0.15, 0.2) is 43.0 Å². The zero-order valence-electron chi connectivity index (χ0n) is 10.2. The Balaban J connectivity index is 1.41. The number of hydrogen-bond donors (Lipinski definition) is 1. The minimum atomic E-state index is 0.269. The predicted molar refractivity (Wildman–Crippen MR) is 69.7 cm³/mol. The molecule has 1 atom stereocenters. The molecule has 2 heterocycles. The molecule has 0 aliphatic carbocycles. The lowest BCUT2D eigenvalue weighted by molar-refractivity contribution is 0.227. The van der Waals surface area contributed by atoms with E-state index in [1.54, 1.807) is 6.20 Å². The van der Waals surface area contributed by atoms with Gasteiger partial charge in [0.25, 0.3) is 0 Å². The molecule has 0 saturated heterocycles. The summed E-state index contributed by atoms with van der Waals surface area (Å²) in [5.74, 6) is 1.04. The molecule has 94 valence electrons. The number of aromatic nitrogens is 2. The van der Waals surface area contributed by atoms with Crippen molar-refractivity contribution in [1.82, 2.24) is 14.9 Å². The third kappa shape index (κ3) is 2.54. The molecule has 4 nitrogen and oxygen atoms in total. The van der Waals surface area contributed by atoms with Gasteiger partial charge in [-0.25, -0.2) is 4.98 Å². The summed E-state index contributed by atoms with van der Waals surface area (Å²) >= 11 is 0. The van der Waals surface area contributed by atoms with E-state index in [4.69, 9.17) is 4.74 Å². The second kappa shape index (κ2) is 5.23. The second-order valence-corrected chi connectivity index (χ2v) is 4.56. The van der Waals surface area contributed by atoms with Crippen LogP contribution < -0.4 is 10.1 Å². The van der Waals surface area contributed by atoms with Crippen molar-refractivity contribution in [3.05, 3.63) is 48.5 Å². The largest absolute Gasteiger partial charge is 0.488 e. The summed E-state index contributed by atoms with van der Waals surface area (Å²) < 4.78 is 7.93. The van der Waals surface area contributed by atoms with Gasteiger partial charge in [-0.1, -0.05) is 18.2 Å². The first-order valence-electron chi connectivity index (χ1n) is 6.33. The second-order valence-electron chi connectivity index (χ2n) is 4.56. The van der Waals surface area contributed by atoms with Gasteiger partial charge in [0.2, 0.25) is 0 Å². The molecular formula is C14H17N3O. The standard InChI is InChI=1S/C14H17N3O/c1-2-4-14-12(3-1)9-13(18-14)10-15-5-7-17-8-6-16-11-17/h1-4,6,8,11,13,15H,5,7,9-10H2. The third-order valence-corrected chi connectivity index (χ3v) is 3.19. The van der Waals surface area contributed by atoms with Crippen molar-refractivity contribution in [3.63, 3.8) is 0 Å². The minimum Gasteiger partial charge on any atom is -0.488 e. The summed E-state index contributed by atoms with van der Waals surface area (Å²) in [6, 6.07) is 8.27. The van der Waals surface area contributed by atoms with Gasteiger partial charge >= 0.3 is 0 Å². The van der Waals surface area contributed by atoms with E-state index in [2.05, 4.69) is 27.0 Å². The van der Waals surface area contributed by atoms with Crippen molar-refractivity contribution >= 4 is 0 Å². The number of ether oxygens (including phenoxy) is 1. The molecule has 0 radical (unpaired) electrons. The van der Waals surface area contributed by atoms with E-state index in [0.717, 1.165) is 31.8 Å². The number of rotatable bonds is 5. The van der Waals surface area contributed by atoms with E-state index in [0.29, 0.717) is 0 Å². The van der Waals surface area contributed by atoms with Crippen LogP contribution in [0.25, 0.3) is 0 Å². The van der Waals surface area contributed by atoms with Gasteiger partial charge in [0.05, 0.1) is 6.33 Å². The Hall–Kier alpha value is -1.81. The van der Waals surface area contributed by atoms with Crippen molar-refractivity contribution in [2.75, 3.05) is 13.1 Å².